The lowest BCUT2D eigenvalue weighted by Crippen LogP contribution is -2.57. The van der Waals surface area contributed by atoms with Gasteiger partial charge in [-0.3, -0.25) is 14.5 Å². The molecular weight excluding hydrogens is 422 g/mol. The number of ether oxygens (including phenoxy) is 1. The number of carbonyl (C=O) groups is 2. The summed E-state index contributed by atoms with van der Waals surface area (Å²) in [6, 6.07) is 18.2. The van der Waals surface area contributed by atoms with Crippen LogP contribution in [0.25, 0.3) is 10.2 Å². The van der Waals surface area contributed by atoms with Crippen molar-refractivity contribution in [3.05, 3.63) is 65.2 Å². The summed E-state index contributed by atoms with van der Waals surface area (Å²) in [5.74, 6) is -0.634. The van der Waals surface area contributed by atoms with Gasteiger partial charge in [0.1, 0.15) is 5.01 Å². The number of carbonyl (C=O) groups excluding carboxylic acids is 2. The van der Waals surface area contributed by atoms with Crippen LogP contribution in [0.4, 0.5) is 0 Å². The molecule has 1 amide bonds. The smallest absolute Gasteiger partial charge is 0.311 e. The van der Waals surface area contributed by atoms with Gasteiger partial charge in [-0.05, 0) is 30.5 Å². The highest BCUT2D eigenvalue weighted by atomic mass is 32.1. The van der Waals surface area contributed by atoms with Crippen molar-refractivity contribution in [2.24, 2.45) is 5.92 Å². The molecule has 1 atom stereocenters. The van der Waals surface area contributed by atoms with E-state index in [9.17, 15) is 9.59 Å². The number of methoxy groups -OCH3 is 1. The van der Waals surface area contributed by atoms with Crippen molar-refractivity contribution in [2.75, 3.05) is 20.2 Å². The van der Waals surface area contributed by atoms with Gasteiger partial charge in [0.2, 0.25) is 5.91 Å². The Morgan fingerprint density at radius 3 is 2.53 bits per heavy atom. The summed E-state index contributed by atoms with van der Waals surface area (Å²) in [7, 11) is 1.42. The number of fused-ring (bicyclic) bond motifs is 1. The highest BCUT2D eigenvalue weighted by Gasteiger charge is 2.56. The number of thiazole rings is 1. The molecular formula is C25H27N3O3S. The molecule has 6 nitrogen and oxygen atoms in total. The van der Waals surface area contributed by atoms with Gasteiger partial charge in [0.15, 0.2) is 0 Å². The molecule has 0 aliphatic carbocycles. The van der Waals surface area contributed by atoms with E-state index in [0.29, 0.717) is 6.54 Å². The highest BCUT2D eigenvalue weighted by Crippen LogP contribution is 2.45. The van der Waals surface area contributed by atoms with E-state index in [1.165, 1.54) is 11.8 Å². The highest BCUT2D eigenvalue weighted by molar-refractivity contribution is 7.18. The van der Waals surface area contributed by atoms with Crippen LogP contribution in [0.1, 0.15) is 29.8 Å². The van der Waals surface area contributed by atoms with Crippen LogP contribution in [-0.4, -0.2) is 52.4 Å². The monoisotopic (exact) mass is 449 g/mol. The van der Waals surface area contributed by atoms with Crippen molar-refractivity contribution in [1.82, 2.24) is 14.8 Å². The van der Waals surface area contributed by atoms with E-state index in [1.54, 1.807) is 11.3 Å². The lowest BCUT2D eigenvalue weighted by Gasteiger charge is -2.47. The van der Waals surface area contributed by atoms with E-state index in [1.807, 2.05) is 53.4 Å². The number of piperidine rings is 1. The molecule has 0 bridgehead atoms. The van der Waals surface area contributed by atoms with E-state index in [-0.39, 0.29) is 18.3 Å². The zero-order valence-electron chi connectivity index (χ0n) is 18.2. The van der Waals surface area contributed by atoms with Crippen molar-refractivity contribution in [1.29, 1.82) is 0 Å². The topological polar surface area (TPSA) is 62.7 Å². The van der Waals surface area contributed by atoms with Gasteiger partial charge in [-0.25, -0.2) is 4.98 Å². The SMILES string of the molecule is COC(=O)C1CC(=O)N(Cc2ccccc2)C12CCN(Cc1nc3ccccc3s1)CC2. The molecule has 2 aromatic carbocycles. The third-order valence-corrected chi connectivity index (χ3v) is 7.98. The number of hydrogen-bond donors (Lipinski definition) is 0. The summed E-state index contributed by atoms with van der Waals surface area (Å²) in [6.45, 7) is 2.97. The largest absolute Gasteiger partial charge is 0.469 e. The van der Waals surface area contributed by atoms with E-state index in [4.69, 9.17) is 9.72 Å². The molecule has 1 unspecified atom stereocenters. The maximum Gasteiger partial charge on any atom is 0.311 e. The van der Waals surface area contributed by atoms with Gasteiger partial charge in [-0.1, -0.05) is 42.5 Å². The van der Waals surface area contributed by atoms with Crippen LogP contribution >= 0.6 is 11.3 Å². The molecule has 2 fully saturated rings. The maximum atomic E-state index is 13.1. The Balaban J connectivity index is 1.35. The molecule has 0 radical (unpaired) electrons. The molecule has 3 aromatic rings. The van der Waals surface area contributed by atoms with Gasteiger partial charge in [0.25, 0.3) is 0 Å². The van der Waals surface area contributed by atoms with Gasteiger partial charge in [0, 0.05) is 26.1 Å². The first-order valence-electron chi connectivity index (χ1n) is 11.1. The van der Waals surface area contributed by atoms with Crippen molar-refractivity contribution >= 4 is 33.4 Å². The van der Waals surface area contributed by atoms with Crippen LogP contribution in [0.3, 0.4) is 0 Å². The first kappa shape index (κ1) is 21.1. The average Bonchev–Trinajstić information content (AvgIpc) is 3.35. The van der Waals surface area contributed by atoms with E-state index < -0.39 is 11.5 Å². The van der Waals surface area contributed by atoms with Crippen molar-refractivity contribution in [3.63, 3.8) is 0 Å². The summed E-state index contributed by atoms with van der Waals surface area (Å²) in [5, 5.41) is 1.11. The number of hydrogen-bond acceptors (Lipinski definition) is 6. The Hall–Kier alpha value is -2.77. The predicted octanol–water partition coefficient (Wildman–Crippen LogP) is 3.85. The number of likely N-dealkylation sites (tertiary alicyclic amines) is 2. The van der Waals surface area contributed by atoms with Crippen LogP contribution in [-0.2, 0) is 27.4 Å². The minimum atomic E-state index is -0.482. The second-order valence-corrected chi connectivity index (χ2v) is 9.82. The fourth-order valence-corrected chi connectivity index (χ4v) is 6.27. The van der Waals surface area contributed by atoms with Crippen LogP contribution in [0.5, 0.6) is 0 Å². The maximum absolute atomic E-state index is 13.1. The van der Waals surface area contributed by atoms with Crippen molar-refractivity contribution in [3.8, 4) is 0 Å². The van der Waals surface area contributed by atoms with Crippen LogP contribution in [0.15, 0.2) is 54.6 Å². The summed E-state index contributed by atoms with van der Waals surface area (Å²) >= 11 is 1.74. The van der Waals surface area contributed by atoms with Gasteiger partial charge >= 0.3 is 5.97 Å². The predicted molar refractivity (Wildman–Crippen MR) is 124 cm³/mol. The molecule has 1 spiro atoms. The Labute approximate surface area is 191 Å². The molecule has 166 valence electrons. The minimum Gasteiger partial charge on any atom is -0.469 e. The van der Waals surface area contributed by atoms with Gasteiger partial charge in [0.05, 0.1) is 35.3 Å². The van der Waals surface area contributed by atoms with Crippen molar-refractivity contribution in [2.45, 2.75) is 37.9 Å². The molecule has 3 heterocycles. The van der Waals surface area contributed by atoms with Gasteiger partial charge in [-0.2, -0.15) is 0 Å². The summed E-state index contributed by atoms with van der Waals surface area (Å²) in [4.78, 5) is 34.9. The lowest BCUT2D eigenvalue weighted by molar-refractivity contribution is -0.150. The third-order valence-electron chi connectivity index (χ3n) is 6.95. The fourth-order valence-electron chi connectivity index (χ4n) is 5.26. The summed E-state index contributed by atoms with van der Waals surface area (Å²) in [5.41, 5.74) is 1.65. The molecule has 2 aliphatic heterocycles. The minimum absolute atomic E-state index is 0.0453. The second-order valence-electron chi connectivity index (χ2n) is 8.70. The number of aromatic nitrogens is 1. The number of para-hydroxylation sites is 1. The van der Waals surface area contributed by atoms with Crippen LogP contribution in [0.2, 0.25) is 0 Å². The number of rotatable bonds is 5. The van der Waals surface area contributed by atoms with Crippen molar-refractivity contribution < 1.29 is 14.3 Å². The summed E-state index contributed by atoms with van der Waals surface area (Å²) < 4.78 is 6.33. The first-order chi connectivity index (χ1) is 15.6. The summed E-state index contributed by atoms with van der Waals surface area (Å²) in [6.07, 6.45) is 1.75. The molecule has 32 heavy (non-hydrogen) atoms. The molecule has 0 N–H and O–H groups in total. The van der Waals surface area contributed by atoms with Crippen LogP contribution in [0, 0.1) is 5.92 Å². The number of esters is 1. The molecule has 5 rings (SSSR count). The van der Waals surface area contributed by atoms with Gasteiger partial charge in [-0.15, -0.1) is 11.3 Å². The molecule has 0 saturated carbocycles. The normalized spacial score (nSPS) is 20.8. The molecule has 2 aliphatic rings. The zero-order valence-corrected chi connectivity index (χ0v) is 19.0. The quantitative estimate of drug-likeness (QED) is 0.554. The van der Waals surface area contributed by atoms with E-state index in [2.05, 4.69) is 11.0 Å². The Kier molecular flexibility index (Phi) is 5.69. The molecule has 1 aromatic heterocycles. The number of amides is 1. The third kappa shape index (κ3) is 3.80. The number of nitrogens with zero attached hydrogens (tertiary/aromatic N) is 3. The standard InChI is InChI=1S/C25H27N3O3S/c1-31-24(30)19-15-23(29)28(16-18-7-3-2-4-8-18)25(19)11-13-27(14-12-25)17-22-26-20-9-5-6-10-21(20)32-22/h2-10,19H,11-17H2,1H3. The molecule has 7 heteroatoms. The number of benzene rings is 2. The first-order valence-corrected chi connectivity index (χ1v) is 11.9. The fraction of sp³-hybridized carbons (Fsp3) is 0.400. The Bertz CT molecular complexity index is 1090. The average molecular weight is 450 g/mol. The van der Waals surface area contributed by atoms with Crippen LogP contribution < -0.4 is 0 Å². The van der Waals surface area contributed by atoms with E-state index in [0.717, 1.165) is 48.6 Å². The second kappa shape index (κ2) is 8.64. The molecule has 2 saturated heterocycles. The Morgan fingerprint density at radius 2 is 1.81 bits per heavy atom. The van der Waals surface area contributed by atoms with Gasteiger partial charge < -0.3 is 9.64 Å². The van der Waals surface area contributed by atoms with E-state index >= 15 is 0 Å². The lowest BCUT2D eigenvalue weighted by atomic mass is 9.76. The Morgan fingerprint density at radius 1 is 1.09 bits per heavy atom. The zero-order chi connectivity index (χ0) is 22.1.